The Balaban J connectivity index is 2.18. The van der Waals surface area contributed by atoms with Crippen LogP contribution >= 0.6 is 0 Å². The summed E-state index contributed by atoms with van der Waals surface area (Å²) in [6, 6.07) is 4.49. The van der Waals surface area contributed by atoms with Gasteiger partial charge in [0, 0.05) is 0 Å². The molecular formula is C15H19NO4. The first-order chi connectivity index (χ1) is 9.58. The van der Waals surface area contributed by atoms with Crippen molar-refractivity contribution in [1.82, 2.24) is 0 Å². The number of nitrogens with zero attached hydrogens (tertiary/aromatic N) is 1. The molecule has 20 heavy (non-hydrogen) atoms. The summed E-state index contributed by atoms with van der Waals surface area (Å²) in [5, 5.41) is 11.0. The van der Waals surface area contributed by atoms with E-state index in [2.05, 4.69) is 0 Å². The quantitative estimate of drug-likeness (QED) is 0.362. The van der Waals surface area contributed by atoms with Crippen LogP contribution in [0.3, 0.4) is 0 Å². The van der Waals surface area contributed by atoms with Crippen LogP contribution < -0.4 is 4.74 Å². The molecule has 0 atom stereocenters. The number of hydrogen-bond donors (Lipinski definition) is 0. The molecule has 0 aliphatic heterocycles. The number of hydrogen-bond acceptors (Lipinski definition) is 4. The van der Waals surface area contributed by atoms with Crippen LogP contribution in [0.2, 0.25) is 0 Å². The molecule has 0 N–H and O–H groups in total. The van der Waals surface area contributed by atoms with Gasteiger partial charge in [-0.1, -0.05) is 12.8 Å². The van der Waals surface area contributed by atoms with Crippen molar-refractivity contribution in [2.24, 2.45) is 0 Å². The van der Waals surface area contributed by atoms with E-state index >= 15 is 0 Å². The summed E-state index contributed by atoms with van der Waals surface area (Å²) in [4.78, 5) is 21.9. The van der Waals surface area contributed by atoms with Gasteiger partial charge in [-0.05, 0) is 44.7 Å². The molecule has 1 saturated carbocycles. The topological polar surface area (TPSA) is 69.4 Å². The summed E-state index contributed by atoms with van der Waals surface area (Å²) in [6.07, 6.45) is 6.83. The molecule has 1 fully saturated rings. The van der Waals surface area contributed by atoms with E-state index in [-0.39, 0.29) is 23.1 Å². The van der Waals surface area contributed by atoms with Gasteiger partial charge in [0.15, 0.2) is 5.78 Å². The SMILES string of the molecule is CC(=O)c1ccc(OC2CCCCCC2)cc1[N+](=O)[O-]. The molecule has 1 aromatic carbocycles. The van der Waals surface area contributed by atoms with Crippen LogP contribution in [-0.2, 0) is 0 Å². The van der Waals surface area contributed by atoms with Gasteiger partial charge >= 0.3 is 0 Å². The Morgan fingerprint density at radius 1 is 1.25 bits per heavy atom. The third-order valence-electron chi connectivity index (χ3n) is 3.65. The molecule has 0 saturated heterocycles. The largest absolute Gasteiger partial charge is 0.490 e. The van der Waals surface area contributed by atoms with Crippen molar-refractivity contribution >= 4 is 11.5 Å². The van der Waals surface area contributed by atoms with E-state index in [1.807, 2.05) is 0 Å². The lowest BCUT2D eigenvalue weighted by atomic mass is 10.1. The zero-order chi connectivity index (χ0) is 14.5. The molecule has 2 rings (SSSR count). The number of nitro benzene ring substituents is 1. The predicted octanol–water partition coefficient (Wildman–Crippen LogP) is 3.90. The molecular weight excluding hydrogens is 258 g/mol. The van der Waals surface area contributed by atoms with Crippen LogP contribution in [0.4, 0.5) is 5.69 Å². The van der Waals surface area contributed by atoms with Crippen molar-refractivity contribution in [3.8, 4) is 5.75 Å². The molecule has 1 aromatic rings. The monoisotopic (exact) mass is 277 g/mol. The number of benzene rings is 1. The van der Waals surface area contributed by atoms with Crippen molar-refractivity contribution in [3.05, 3.63) is 33.9 Å². The van der Waals surface area contributed by atoms with Gasteiger partial charge in [-0.2, -0.15) is 0 Å². The summed E-state index contributed by atoms with van der Waals surface area (Å²) in [7, 11) is 0. The Morgan fingerprint density at radius 2 is 1.90 bits per heavy atom. The molecule has 0 spiro atoms. The standard InChI is InChI=1S/C15H19NO4/c1-11(17)14-9-8-13(10-15(14)16(18)19)20-12-6-4-2-3-5-7-12/h8-10,12H,2-7H2,1H3. The molecule has 0 unspecified atom stereocenters. The highest BCUT2D eigenvalue weighted by molar-refractivity contribution is 5.98. The van der Waals surface area contributed by atoms with E-state index in [0.29, 0.717) is 5.75 Å². The molecule has 0 radical (unpaired) electrons. The lowest BCUT2D eigenvalue weighted by Crippen LogP contribution is -2.15. The van der Waals surface area contributed by atoms with E-state index in [4.69, 9.17) is 4.74 Å². The fraction of sp³-hybridized carbons (Fsp3) is 0.533. The van der Waals surface area contributed by atoms with Gasteiger partial charge in [-0.3, -0.25) is 14.9 Å². The average Bonchev–Trinajstić information content (AvgIpc) is 2.67. The lowest BCUT2D eigenvalue weighted by Gasteiger charge is -2.17. The third kappa shape index (κ3) is 3.56. The Kier molecular flexibility index (Phi) is 4.71. The summed E-state index contributed by atoms with van der Waals surface area (Å²) in [5.74, 6) is 0.173. The van der Waals surface area contributed by atoms with E-state index < -0.39 is 4.92 Å². The molecule has 1 aliphatic rings. The zero-order valence-corrected chi connectivity index (χ0v) is 11.6. The highest BCUT2D eigenvalue weighted by atomic mass is 16.6. The van der Waals surface area contributed by atoms with Gasteiger partial charge in [0.25, 0.3) is 5.69 Å². The molecule has 108 valence electrons. The molecule has 0 heterocycles. The lowest BCUT2D eigenvalue weighted by molar-refractivity contribution is -0.385. The van der Waals surface area contributed by atoms with Crippen LogP contribution in [0.15, 0.2) is 18.2 Å². The molecule has 0 aromatic heterocycles. The molecule has 0 bridgehead atoms. The van der Waals surface area contributed by atoms with Crippen molar-refractivity contribution in [2.75, 3.05) is 0 Å². The number of ketones is 1. The van der Waals surface area contributed by atoms with Crippen LogP contribution in [0, 0.1) is 10.1 Å². The summed E-state index contributed by atoms with van der Waals surface area (Å²) in [6.45, 7) is 1.33. The van der Waals surface area contributed by atoms with Crippen LogP contribution in [-0.4, -0.2) is 16.8 Å². The highest BCUT2D eigenvalue weighted by Gasteiger charge is 2.20. The predicted molar refractivity (Wildman–Crippen MR) is 75.2 cm³/mol. The number of carbonyl (C=O) groups excluding carboxylic acids is 1. The zero-order valence-electron chi connectivity index (χ0n) is 11.6. The maximum absolute atomic E-state index is 11.4. The Morgan fingerprint density at radius 3 is 2.45 bits per heavy atom. The second kappa shape index (κ2) is 6.50. The summed E-state index contributed by atoms with van der Waals surface area (Å²) in [5.41, 5.74) is -0.0492. The summed E-state index contributed by atoms with van der Waals surface area (Å²) < 4.78 is 5.85. The van der Waals surface area contributed by atoms with E-state index in [9.17, 15) is 14.9 Å². The normalized spacial score (nSPS) is 16.4. The van der Waals surface area contributed by atoms with Crippen molar-refractivity contribution < 1.29 is 14.5 Å². The van der Waals surface area contributed by atoms with Gasteiger partial charge in [0.1, 0.15) is 5.75 Å². The molecule has 0 amide bonds. The smallest absolute Gasteiger partial charge is 0.283 e. The third-order valence-corrected chi connectivity index (χ3v) is 3.65. The Bertz CT molecular complexity index is 505. The van der Waals surface area contributed by atoms with Crippen molar-refractivity contribution in [1.29, 1.82) is 0 Å². The fourth-order valence-electron chi connectivity index (χ4n) is 2.59. The van der Waals surface area contributed by atoms with Gasteiger partial charge < -0.3 is 4.74 Å². The second-order valence-electron chi connectivity index (χ2n) is 5.22. The average molecular weight is 277 g/mol. The van der Waals surface area contributed by atoms with Gasteiger partial charge in [-0.25, -0.2) is 0 Å². The van der Waals surface area contributed by atoms with Gasteiger partial charge in [0.05, 0.1) is 22.7 Å². The molecule has 5 nitrogen and oxygen atoms in total. The Labute approximate surface area is 118 Å². The number of nitro groups is 1. The van der Waals surface area contributed by atoms with Crippen LogP contribution in [0.25, 0.3) is 0 Å². The van der Waals surface area contributed by atoms with E-state index in [1.54, 1.807) is 6.07 Å². The number of carbonyl (C=O) groups is 1. The first-order valence-corrected chi connectivity index (χ1v) is 7.04. The van der Waals surface area contributed by atoms with E-state index in [1.165, 1.54) is 31.9 Å². The molecule has 5 heteroatoms. The molecule has 1 aliphatic carbocycles. The minimum atomic E-state index is -0.531. The van der Waals surface area contributed by atoms with E-state index in [0.717, 1.165) is 25.7 Å². The van der Waals surface area contributed by atoms with Crippen LogP contribution in [0.1, 0.15) is 55.8 Å². The minimum Gasteiger partial charge on any atom is -0.490 e. The maximum atomic E-state index is 11.4. The number of ether oxygens (including phenoxy) is 1. The summed E-state index contributed by atoms with van der Waals surface area (Å²) >= 11 is 0. The first-order valence-electron chi connectivity index (χ1n) is 7.04. The highest BCUT2D eigenvalue weighted by Crippen LogP contribution is 2.28. The first kappa shape index (κ1) is 14.5. The van der Waals surface area contributed by atoms with Gasteiger partial charge in [-0.15, -0.1) is 0 Å². The minimum absolute atomic E-state index is 0.125. The van der Waals surface area contributed by atoms with Crippen LogP contribution in [0.5, 0.6) is 5.75 Å². The van der Waals surface area contributed by atoms with Crippen molar-refractivity contribution in [2.45, 2.75) is 51.6 Å². The number of rotatable bonds is 4. The van der Waals surface area contributed by atoms with Gasteiger partial charge in [0.2, 0.25) is 0 Å². The fourth-order valence-corrected chi connectivity index (χ4v) is 2.59. The Hall–Kier alpha value is -1.91. The number of Topliss-reactive ketones (excluding diaryl/α,β-unsaturated/α-hetero) is 1. The second-order valence-corrected chi connectivity index (χ2v) is 5.22. The maximum Gasteiger partial charge on any atom is 0.283 e. The van der Waals surface area contributed by atoms with Crippen molar-refractivity contribution in [3.63, 3.8) is 0 Å².